The SMILES string of the molecule is Cc1cc(I)nc(I)c1N. The Bertz CT molecular complexity index is 237. The fraction of sp³-hybridized carbons (Fsp3) is 0.167. The molecule has 0 saturated heterocycles. The number of pyridine rings is 1. The van der Waals surface area contributed by atoms with Gasteiger partial charge in [-0.2, -0.15) is 0 Å². The third kappa shape index (κ3) is 1.71. The molecule has 0 atom stereocenters. The lowest BCUT2D eigenvalue weighted by Crippen LogP contribution is -1.97. The predicted octanol–water partition coefficient (Wildman–Crippen LogP) is 2.18. The van der Waals surface area contributed by atoms with Gasteiger partial charge in [-0.15, -0.1) is 0 Å². The van der Waals surface area contributed by atoms with Gasteiger partial charge in [0.25, 0.3) is 0 Å². The molecule has 0 aliphatic rings. The van der Waals surface area contributed by atoms with Crippen molar-refractivity contribution in [3.8, 4) is 0 Å². The topological polar surface area (TPSA) is 38.9 Å². The number of halogens is 2. The van der Waals surface area contributed by atoms with Crippen LogP contribution in [0.2, 0.25) is 0 Å². The molecule has 0 amide bonds. The summed E-state index contributed by atoms with van der Waals surface area (Å²) in [6.45, 7) is 1.99. The second-order valence-electron chi connectivity index (χ2n) is 1.97. The van der Waals surface area contributed by atoms with E-state index < -0.39 is 0 Å². The van der Waals surface area contributed by atoms with Crippen LogP contribution < -0.4 is 5.73 Å². The summed E-state index contributed by atoms with van der Waals surface area (Å²) in [6, 6.07) is 1.97. The largest absolute Gasteiger partial charge is 0.396 e. The minimum atomic E-state index is 0.793. The molecule has 0 aromatic carbocycles. The van der Waals surface area contributed by atoms with Gasteiger partial charge in [-0.3, -0.25) is 0 Å². The molecule has 1 aromatic heterocycles. The molecule has 0 saturated carbocycles. The van der Waals surface area contributed by atoms with E-state index >= 15 is 0 Å². The van der Waals surface area contributed by atoms with Crippen molar-refractivity contribution in [2.45, 2.75) is 6.92 Å². The van der Waals surface area contributed by atoms with Gasteiger partial charge in [0, 0.05) is 0 Å². The van der Waals surface area contributed by atoms with Crippen LogP contribution >= 0.6 is 45.2 Å². The minimum absolute atomic E-state index is 0.793. The first-order valence-electron chi connectivity index (χ1n) is 2.69. The molecule has 4 heteroatoms. The van der Waals surface area contributed by atoms with Crippen LogP contribution in [0.1, 0.15) is 5.56 Å². The maximum Gasteiger partial charge on any atom is 0.125 e. The summed E-state index contributed by atoms with van der Waals surface area (Å²) in [6.07, 6.45) is 0. The third-order valence-electron chi connectivity index (χ3n) is 1.19. The quantitative estimate of drug-likeness (QED) is 0.569. The fourth-order valence-corrected chi connectivity index (χ4v) is 2.46. The van der Waals surface area contributed by atoms with Gasteiger partial charge in [0.2, 0.25) is 0 Å². The van der Waals surface area contributed by atoms with E-state index in [4.69, 9.17) is 5.73 Å². The normalized spacial score (nSPS) is 9.90. The van der Waals surface area contributed by atoms with Crippen molar-refractivity contribution in [2.75, 3.05) is 5.73 Å². The molecule has 0 unspecified atom stereocenters. The van der Waals surface area contributed by atoms with Crippen molar-refractivity contribution in [3.05, 3.63) is 19.0 Å². The molecule has 0 spiro atoms. The number of anilines is 1. The Kier molecular flexibility index (Phi) is 2.73. The molecule has 0 aliphatic heterocycles. The van der Waals surface area contributed by atoms with Crippen LogP contribution in [-0.4, -0.2) is 4.98 Å². The van der Waals surface area contributed by atoms with Crippen molar-refractivity contribution in [1.82, 2.24) is 4.98 Å². The number of nitrogens with zero attached hydrogens (tertiary/aromatic N) is 1. The van der Waals surface area contributed by atoms with Gasteiger partial charge < -0.3 is 5.73 Å². The number of nitrogens with two attached hydrogens (primary N) is 1. The van der Waals surface area contributed by atoms with E-state index in [-0.39, 0.29) is 0 Å². The number of rotatable bonds is 0. The summed E-state index contributed by atoms with van der Waals surface area (Å²) in [4.78, 5) is 4.18. The molecule has 10 heavy (non-hydrogen) atoms. The molecule has 0 radical (unpaired) electrons. The van der Waals surface area contributed by atoms with E-state index in [0.717, 1.165) is 18.7 Å². The van der Waals surface area contributed by atoms with Crippen LogP contribution in [0.3, 0.4) is 0 Å². The molecule has 2 N–H and O–H groups in total. The monoisotopic (exact) mass is 360 g/mol. The summed E-state index contributed by atoms with van der Waals surface area (Å²) in [5.74, 6) is 0. The van der Waals surface area contributed by atoms with E-state index in [0.29, 0.717) is 0 Å². The summed E-state index contributed by atoms with van der Waals surface area (Å²) in [7, 11) is 0. The van der Waals surface area contributed by atoms with Gasteiger partial charge in [0.1, 0.15) is 7.40 Å². The van der Waals surface area contributed by atoms with Crippen molar-refractivity contribution >= 4 is 50.9 Å². The van der Waals surface area contributed by atoms with E-state index in [9.17, 15) is 0 Å². The smallest absolute Gasteiger partial charge is 0.125 e. The van der Waals surface area contributed by atoms with E-state index in [1.54, 1.807) is 0 Å². The molecule has 2 nitrogen and oxygen atoms in total. The lowest BCUT2D eigenvalue weighted by Gasteiger charge is -2.01. The maximum atomic E-state index is 5.68. The van der Waals surface area contributed by atoms with Crippen LogP contribution in [-0.2, 0) is 0 Å². The Morgan fingerprint density at radius 3 is 2.60 bits per heavy atom. The molecule has 54 valence electrons. The molecular formula is C6H6I2N2. The summed E-state index contributed by atoms with van der Waals surface area (Å²) in [5.41, 5.74) is 7.57. The van der Waals surface area contributed by atoms with Crippen LogP contribution in [0, 0.1) is 14.3 Å². The number of hydrogen-bond donors (Lipinski definition) is 1. The standard InChI is InChI=1S/C6H6I2N2/c1-3-2-4(7)10-6(8)5(3)9/h2H,9H2,1H3. The first kappa shape index (κ1) is 8.51. The number of hydrogen-bond acceptors (Lipinski definition) is 2. The van der Waals surface area contributed by atoms with E-state index in [2.05, 4.69) is 50.2 Å². The molecule has 1 heterocycles. The number of aryl methyl sites for hydroxylation is 1. The Labute approximate surface area is 86.9 Å². The summed E-state index contributed by atoms with van der Waals surface area (Å²) < 4.78 is 1.88. The number of nitrogen functional groups attached to an aromatic ring is 1. The molecule has 1 rings (SSSR count). The van der Waals surface area contributed by atoms with Crippen LogP contribution in [0.15, 0.2) is 6.07 Å². The molecule has 1 aromatic rings. The highest BCUT2D eigenvalue weighted by atomic mass is 127. The summed E-state index contributed by atoms with van der Waals surface area (Å²) >= 11 is 4.31. The van der Waals surface area contributed by atoms with E-state index in [1.165, 1.54) is 0 Å². The predicted molar refractivity (Wildman–Crippen MR) is 58.8 cm³/mol. The van der Waals surface area contributed by atoms with Crippen molar-refractivity contribution in [2.24, 2.45) is 0 Å². The second kappa shape index (κ2) is 3.21. The van der Waals surface area contributed by atoms with Gasteiger partial charge in [-0.05, 0) is 63.7 Å². The van der Waals surface area contributed by atoms with Gasteiger partial charge in [0.15, 0.2) is 0 Å². The number of aromatic nitrogens is 1. The lowest BCUT2D eigenvalue weighted by molar-refractivity contribution is 1.20. The van der Waals surface area contributed by atoms with Crippen molar-refractivity contribution in [3.63, 3.8) is 0 Å². The Morgan fingerprint density at radius 1 is 1.50 bits per heavy atom. The Balaban J connectivity index is 3.31. The van der Waals surface area contributed by atoms with Gasteiger partial charge in [-0.25, -0.2) is 4.98 Å². The van der Waals surface area contributed by atoms with Gasteiger partial charge in [-0.1, -0.05) is 0 Å². The zero-order chi connectivity index (χ0) is 7.72. The summed E-state index contributed by atoms with van der Waals surface area (Å²) in [5, 5.41) is 0. The zero-order valence-electron chi connectivity index (χ0n) is 5.36. The van der Waals surface area contributed by atoms with Gasteiger partial charge in [0.05, 0.1) is 5.69 Å². The van der Waals surface area contributed by atoms with Crippen LogP contribution in [0.4, 0.5) is 5.69 Å². The average molecular weight is 360 g/mol. The van der Waals surface area contributed by atoms with Gasteiger partial charge >= 0.3 is 0 Å². The highest BCUT2D eigenvalue weighted by Gasteiger charge is 2.00. The highest BCUT2D eigenvalue weighted by Crippen LogP contribution is 2.18. The Hall–Kier alpha value is 0.410. The van der Waals surface area contributed by atoms with Crippen molar-refractivity contribution in [1.29, 1.82) is 0 Å². The van der Waals surface area contributed by atoms with Crippen LogP contribution in [0.5, 0.6) is 0 Å². The molecule has 0 aliphatic carbocycles. The Morgan fingerprint density at radius 2 is 2.10 bits per heavy atom. The lowest BCUT2D eigenvalue weighted by atomic mass is 10.3. The fourth-order valence-electron chi connectivity index (χ4n) is 0.605. The molecule has 0 bridgehead atoms. The highest BCUT2D eigenvalue weighted by molar-refractivity contribution is 14.1. The second-order valence-corrected chi connectivity index (χ2v) is 4.09. The van der Waals surface area contributed by atoms with Crippen molar-refractivity contribution < 1.29 is 0 Å². The molecule has 0 fully saturated rings. The maximum absolute atomic E-state index is 5.68. The first-order valence-corrected chi connectivity index (χ1v) is 4.85. The average Bonchev–Trinajstić information content (AvgIpc) is 1.82. The third-order valence-corrected chi connectivity index (χ3v) is 2.56. The zero-order valence-corrected chi connectivity index (χ0v) is 9.67. The van der Waals surface area contributed by atoms with Crippen LogP contribution in [0.25, 0.3) is 0 Å². The van der Waals surface area contributed by atoms with E-state index in [1.807, 2.05) is 13.0 Å². The molecular weight excluding hydrogens is 354 g/mol. The minimum Gasteiger partial charge on any atom is -0.396 e. The first-order chi connectivity index (χ1) is 4.61.